The molecule has 1 fully saturated rings. The van der Waals surface area contributed by atoms with Crippen LogP contribution in [0.5, 0.6) is 0 Å². The fourth-order valence-corrected chi connectivity index (χ4v) is 4.36. The molecular weight excluding hydrogens is 433 g/mol. The summed E-state index contributed by atoms with van der Waals surface area (Å²) >= 11 is 12.2. The standard InChI is InChI=1S/C23H25Cl2N5O/c1-30(2)21-16-6-3-4-9-19(16)28-23(29-21)27-15-12-10-14(11-13-15)26-22(31)17-7-5-8-18(24)20(17)25/h3-9,14-15H,10-13H2,1-2H3,(H,26,31)(H,27,28,29)/t14-,15+. The predicted molar refractivity (Wildman–Crippen MR) is 127 cm³/mol. The third-order valence-electron chi connectivity index (χ3n) is 5.60. The lowest BCUT2D eigenvalue weighted by Gasteiger charge is -2.30. The highest BCUT2D eigenvalue weighted by Crippen LogP contribution is 2.28. The zero-order valence-electron chi connectivity index (χ0n) is 17.5. The lowest BCUT2D eigenvalue weighted by molar-refractivity contribution is 0.0926. The van der Waals surface area contributed by atoms with Crippen LogP contribution < -0.4 is 15.5 Å². The normalized spacial score (nSPS) is 18.6. The van der Waals surface area contributed by atoms with Crippen molar-refractivity contribution in [2.45, 2.75) is 37.8 Å². The highest BCUT2D eigenvalue weighted by Gasteiger charge is 2.24. The third-order valence-corrected chi connectivity index (χ3v) is 6.42. The maximum atomic E-state index is 12.6. The van der Waals surface area contributed by atoms with Gasteiger partial charge >= 0.3 is 0 Å². The van der Waals surface area contributed by atoms with Crippen LogP contribution >= 0.6 is 23.2 Å². The molecule has 1 saturated carbocycles. The number of para-hydroxylation sites is 1. The number of hydrogen-bond acceptors (Lipinski definition) is 5. The van der Waals surface area contributed by atoms with Gasteiger partial charge in [0, 0.05) is 31.6 Å². The van der Waals surface area contributed by atoms with Gasteiger partial charge in [-0.3, -0.25) is 4.79 Å². The van der Waals surface area contributed by atoms with Crippen LogP contribution in [0.1, 0.15) is 36.0 Å². The Labute approximate surface area is 192 Å². The second-order valence-electron chi connectivity index (χ2n) is 8.05. The molecule has 4 rings (SSSR count). The highest BCUT2D eigenvalue weighted by atomic mass is 35.5. The number of benzene rings is 2. The number of fused-ring (bicyclic) bond motifs is 1. The lowest BCUT2D eigenvalue weighted by atomic mass is 9.91. The first-order chi connectivity index (χ1) is 14.9. The smallest absolute Gasteiger partial charge is 0.253 e. The molecule has 1 aromatic heterocycles. The minimum Gasteiger partial charge on any atom is -0.362 e. The molecule has 0 unspecified atom stereocenters. The van der Waals surface area contributed by atoms with Crippen LogP contribution in [-0.4, -0.2) is 42.1 Å². The van der Waals surface area contributed by atoms with Crippen molar-refractivity contribution < 1.29 is 4.79 Å². The lowest BCUT2D eigenvalue weighted by Crippen LogP contribution is -2.40. The van der Waals surface area contributed by atoms with Crippen LogP contribution in [-0.2, 0) is 0 Å². The second kappa shape index (κ2) is 9.28. The zero-order chi connectivity index (χ0) is 22.0. The van der Waals surface area contributed by atoms with Crippen molar-refractivity contribution in [2.75, 3.05) is 24.3 Å². The number of nitrogens with zero attached hydrogens (tertiary/aromatic N) is 3. The summed E-state index contributed by atoms with van der Waals surface area (Å²) in [5.41, 5.74) is 1.33. The van der Waals surface area contributed by atoms with E-state index in [0.29, 0.717) is 21.6 Å². The van der Waals surface area contributed by atoms with E-state index < -0.39 is 0 Å². The number of rotatable bonds is 5. The van der Waals surface area contributed by atoms with Gasteiger partial charge in [-0.2, -0.15) is 4.98 Å². The molecule has 1 aliphatic carbocycles. The summed E-state index contributed by atoms with van der Waals surface area (Å²) in [5, 5.41) is 8.29. The average molecular weight is 458 g/mol. The van der Waals surface area contributed by atoms with E-state index in [-0.39, 0.29) is 18.0 Å². The number of hydrogen-bond donors (Lipinski definition) is 2. The average Bonchev–Trinajstić information content (AvgIpc) is 2.76. The van der Waals surface area contributed by atoms with Gasteiger partial charge < -0.3 is 15.5 Å². The van der Waals surface area contributed by atoms with Crippen LogP contribution in [0.3, 0.4) is 0 Å². The minimum atomic E-state index is -0.183. The molecular formula is C23H25Cl2N5O. The molecule has 0 bridgehead atoms. The molecule has 6 nitrogen and oxygen atoms in total. The summed E-state index contributed by atoms with van der Waals surface area (Å²) in [7, 11) is 3.97. The molecule has 162 valence electrons. The SMILES string of the molecule is CN(C)c1nc(N[C@H]2CC[C@@H](NC(=O)c3cccc(Cl)c3Cl)CC2)nc2ccccc12. The number of amides is 1. The predicted octanol–water partition coefficient (Wildman–Crippen LogP) is 5.16. The van der Waals surface area contributed by atoms with Crippen molar-refractivity contribution in [3.05, 3.63) is 58.1 Å². The topological polar surface area (TPSA) is 70.2 Å². The molecule has 31 heavy (non-hydrogen) atoms. The van der Waals surface area contributed by atoms with Gasteiger partial charge in [0.2, 0.25) is 5.95 Å². The van der Waals surface area contributed by atoms with Gasteiger partial charge in [0.15, 0.2) is 0 Å². The number of anilines is 2. The van der Waals surface area contributed by atoms with Gasteiger partial charge in [-0.25, -0.2) is 4.98 Å². The maximum Gasteiger partial charge on any atom is 0.253 e. The number of nitrogens with one attached hydrogen (secondary N) is 2. The van der Waals surface area contributed by atoms with E-state index in [2.05, 4.69) is 10.6 Å². The van der Waals surface area contributed by atoms with Gasteiger partial charge in [-0.15, -0.1) is 0 Å². The Morgan fingerprint density at radius 3 is 2.42 bits per heavy atom. The van der Waals surface area contributed by atoms with E-state index in [1.165, 1.54) is 0 Å². The van der Waals surface area contributed by atoms with Crippen molar-refractivity contribution in [3.63, 3.8) is 0 Å². The van der Waals surface area contributed by atoms with E-state index in [9.17, 15) is 4.79 Å². The Balaban J connectivity index is 1.38. The van der Waals surface area contributed by atoms with Crippen molar-refractivity contribution in [1.29, 1.82) is 0 Å². The number of carbonyl (C=O) groups excluding carboxylic acids is 1. The van der Waals surface area contributed by atoms with Crippen molar-refractivity contribution in [2.24, 2.45) is 0 Å². The zero-order valence-corrected chi connectivity index (χ0v) is 19.0. The van der Waals surface area contributed by atoms with Crippen molar-refractivity contribution in [3.8, 4) is 0 Å². The van der Waals surface area contributed by atoms with Gasteiger partial charge in [0.25, 0.3) is 5.91 Å². The fourth-order valence-electron chi connectivity index (χ4n) is 3.97. The van der Waals surface area contributed by atoms with Gasteiger partial charge in [0.1, 0.15) is 5.82 Å². The molecule has 3 aromatic rings. The van der Waals surface area contributed by atoms with Crippen LogP contribution in [0, 0.1) is 0 Å². The molecule has 1 heterocycles. The Hall–Kier alpha value is -2.57. The summed E-state index contributed by atoms with van der Waals surface area (Å²) < 4.78 is 0. The van der Waals surface area contributed by atoms with Crippen LogP contribution in [0.25, 0.3) is 10.9 Å². The first-order valence-corrected chi connectivity index (χ1v) is 11.1. The van der Waals surface area contributed by atoms with E-state index in [1.54, 1.807) is 18.2 Å². The van der Waals surface area contributed by atoms with Crippen LogP contribution in [0.4, 0.5) is 11.8 Å². The third kappa shape index (κ3) is 4.86. The van der Waals surface area contributed by atoms with Crippen LogP contribution in [0.15, 0.2) is 42.5 Å². The van der Waals surface area contributed by atoms with Crippen LogP contribution in [0.2, 0.25) is 10.0 Å². The number of carbonyl (C=O) groups is 1. The van der Waals surface area contributed by atoms with E-state index in [4.69, 9.17) is 33.2 Å². The molecule has 2 aromatic carbocycles. The van der Waals surface area contributed by atoms with Gasteiger partial charge in [0.05, 0.1) is 21.1 Å². The molecule has 0 atom stereocenters. The summed E-state index contributed by atoms with van der Waals surface area (Å²) in [6.45, 7) is 0. The number of aromatic nitrogens is 2. The van der Waals surface area contributed by atoms with Crippen molar-refractivity contribution in [1.82, 2.24) is 15.3 Å². The molecule has 0 radical (unpaired) electrons. The summed E-state index contributed by atoms with van der Waals surface area (Å²) in [6, 6.07) is 13.5. The highest BCUT2D eigenvalue weighted by molar-refractivity contribution is 6.43. The Morgan fingerprint density at radius 1 is 0.968 bits per heavy atom. The molecule has 0 spiro atoms. The first kappa shape index (κ1) is 21.7. The fraction of sp³-hybridized carbons (Fsp3) is 0.348. The molecule has 8 heteroatoms. The molecule has 0 saturated heterocycles. The minimum absolute atomic E-state index is 0.107. The van der Waals surface area contributed by atoms with Gasteiger partial charge in [-0.1, -0.05) is 41.4 Å². The molecule has 1 amide bonds. The largest absolute Gasteiger partial charge is 0.362 e. The van der Waals surface area contributed by atoms with E-state index >= 15 is 0 Å². The number of halogens is 2. The van der Waals surface area contributed by atoms with Gasteiger partial charge in [-0.05, 0) is 49.9 Å². The Kier molecular flexibility index (Phi) is 6.49. The maximum absolute atomic E-state index is 12.6. The molecule has 0 aliphatic heterocycles. The summed E-state index contributed by atoms with van der Waals surface area (Å²) in [5.74, 6) is 1.35. The molecule has 1 aliphatic rings. The first-order valence-electron chi connectivity index (χ1n) is 10.4. The van der Waals surface area contributed by atoms with E-state index in [1.807, 2.05) is 43.3 Å². The summed E-state index contributed by atoms with van der Waals surface area (Å²) in [6.07, 6.45) is 3.58. The van der Waals surface area contributed by atoms with Crippen molar-refractivity contribution >= 4 is 51.8 Å². The summed E-state index contributed by atoms with van der Waals surface area (Å²) in [4.78, 5) is 24.0. The second-order valence-corrected chi connectivity index (χ2v) is 8.84. The molecule has 2 N–H and O–H groups in total. The Bertz CT molecular complexity index is 1100. The van der Waals surface area contributed by atoms with E-state index in [0.717, 1.165) is 42.4 Å². The monoisotopic (exact) mass is 457 g/mol. The quantitative estimate of drug-likeness (QED) is 0.553. The Morgan fingerprint density at radius 2 is 1.68 bits per heavy atom.